The van der Waals surface area contributed by atoms with Crippen LogP contribution in [0.3, 0.4) is 0 Å². The summed E-state index contributed by atoms with van der Waals surface area (Å²) >= 11 is 5.90. The standard InChI is InChI=1S/C19H21ClN2O2/c20-17-8-6-16(7-9-17)19(23)21-18(15-4-2-1-3-5-15)14-22-10-12-24-13-11-22/h1-9,18H,10-14H2,(H,21,23)/p+1/t18-/m1/s1. The molecule has 3 rings (SSSR count). The van der Waals surface area contributed by atoms with E-state index in [0.29, 0.717) is 10.6 Å². The molecule has 0 aliphatic carbocycles. The first-order valence-corrected chi connectivity index (χ1v) is 8.63. The van der Waals surface area contributed by atoms with Gasteiger partial charge in [-0.25, -0.2) is 0 Å². The first kappa shape index (κ1) is 17.0. The first-order valence-electron chi connectivity index (χ1n) is 8.25. The Morgan fingerprint density at radius 3 is 2.42 bits per heavy atom. The molecule has 4 nitrogen and oxygen atoms in total. The van der Waals surface area contributed by atoms with Gasteiger partial charge >= 0.3 is 0 Å². The summed E-state index contributed by atoms with van der Waals surface area (Å²) in [6, 6.07) is 17.1. The Kier molecular flexibility index (Phi) is 5.86. The number of carbonyl (C=O) groups excluding carboxylic acids is 1. The lowest BCUT2D eigenvalue weighted by atomic mass is 10.1. The molecular weight excluding hydrogens is 324 g/mol. The Hall–Kier alpha value is -1.88. The Balaban J connectivity index is 1.73. The maximum atomic E-state index is 12.6. The molecule has 1 fully saturated rings. The van der Waals surface area contributed by atoms with Crippen LogP contribution in [-0.4, -0.2) is 38.8 Å². The summed E-state index contributed by atoms with van der Waals surface area (Å²) in [5, 5.41) is 3.80. The van der Waals surface area contributed by atoms with Gasteiger partial charge in [-0.15, -0.1) is 0 Å². The molecule has 2 aromatic carbocycles. The van der Waals surface area contributed by atoms with Gasteiger partial charge in [0.05, 0.1) is 13.2 Å². The molecule has 1 atom stereocenters. The summed E-state index contributed by atoms with van der Waals surface area (Å²) in [4.78, 5) is 14.0. The number of hydrogen-bond donors (Lipinski definition) is 2. The van der Waals surface area contributed by atoms with Gasteiger partial charge in [0, 0.05) is 10.6 Å². The van der Waals surface area contributed by atoms with Crippen LogP contribution in [0, 0.1) is 0 Å². The average Bonchev–Trinajstić information content (AvgIpc) is 2.63. The summed E-state index contributed by atoms with van der Waals surface area (Å²) in [6.45, 7) is 4.36. The number of nitrogens with one attached hydrogen (secondary N) is 2. The Morgan fingerprint density at radius 2 is 1.75 bits per heavy atom. The molecule has 0 radical (unpaired) electrons. The van der Waals surface area contributed by atoms with Crippen LogP contribution in [0.5, 0.6) is 0 Å². The molecule has 5 heteroatoms. The molecule has 1 aliphatic heterocycles. The topological polar surface area (TPSA) is 42.8 Å². The molecule has 24 heavy (non-hydrogen) atoms. The summed E-state index contributed by atoms with van der Waals surface area (Å²) in [5.41, 5.74) is 1.75. The van der Waals surface area contributed by atoms with Gasteiger partial charge in [0.15, 0.2) is 0 Å². The molecule has 2 N–H and O–H groups in total. The highest BCUT2D eigenvalue weighted by Crippen LogP contribution is 2.14. The van der Waals surface area contributed by atoms with Crippen LogP contribution < -0.4 is 10.2 Å². The molecule has 0 aromatic heterocycles. The minimum Gasteiger partial charge on any atom is -0.370 e. The van der Waals surface area contributed by atoms with E-state index in [1.165, 1.54) is 4.90 Å². The van der Waals surface area contributed by atoms with Crippen molar-refractivity contribution >= 4 is 17.5 Å². The predicted molar refractivity (Wildman–Crippen MR) is 94.5 cm³/mol. The van der Waals surface area contributed by atoms with E-state index in [2.05, 4.69) is 17.4 Å². The molecule has 0 bridgehead atoms. The van der Waals surface area contributed by atoms with Crippen molar-refractivity contribution in [1.29, 1.82) is 0 Å². The van der Waals surface area contributed by atoms with Crippen molar-refractivity contribution in [2.24, 2.45) is 0 Å². The van der Waals surface area contributed by atoms with Crippen molar-refractivity contribution in [1.82, 2.24) is 5.32 Å². The van der Waals surface area contributed by atoms with Crippen LogP contribution in [0.4, 0.5) is 0 Å². The lowest BCUT2D eigenvalue weighted by molar-refractivity contribution is -0.909. The minimum absolute atomic E-state index is 0.0255. The number of halogens is 1. The predicted octanol–water partition coefficient (Wildman–Crippen LogP) is 1.73. The quantitative estimate of drug-likeness (QED) is 0.866. The monoisotopic (exact) mass is 345 g/mol. The zero-order chi connectivity index (χ0) is 16.8. The molecule has 0 spiro atoms. The molecular formula is C19H22ClN2O2+. The molecule has 1 saturated heterocycles. The third-order valence-electron chi connectivity index (χ3n) is 4.31. The third-order valence-corrected chi connectivity index (χ3v) is 4.56. The highest BCUT2D eigenvalue weighted by atomic mass is 35.5. The van der Waals surface area contributed by atoms with Crippen molar-refractivity contribution in [3.8, 4) is 0 Å². The van der Waals surface area contributed by atoms with Crippen molar-refractivity contribution in [2.45, 2.75) is 6.04 Å². The van der Waals surface area contributed by atoms with Gasteiger partial charge < -0.3 is 15.0 Å². The summed E-state index contributed by atoms with van der Waals surface area (Å²) in [5.74, 6) is -0.0758. The van der Waals surface area contributed by atoms with E-state index in [1.54, 1.807) is 24.3 Å². The van der Waals surface area contributed by atoms with E-state index in [9.17, 15) is 4.79 Å². The number of rotatable bonds is 5. The molecule has 0 saturated carbocycles. The van der Waals surface area contributed by atoms with Gasteiger partial charge in [0.25, 0.3) is 5.91 Å². The SMILES string of the molecule is O=C(N[C@H](C[NH+]1CCOCC1)c1ccccc1)c1ccc(Cl)cc1. The smallest absolute Gasteiger partial charge is 0.251 e. The van der Waals surface area contributed by atoms with E-state index in [-0.39, 0.29) is 11.9 Å². The van der Waals surface area contributed by atoms with Gasteiger partial charge in [-0.05, 0) is 29.8 Å². The van der Waals surface area contributed by atoms with E-state index >= 15 is 0 Å². The van der Waals surface area contributed by atoms with Crippen LogP contribution in [-0.2, 0) is 4.74 Å². The van der Waals surface area contributed by atoms with E-state index in [4.69, 9.17) is 16.3 Å². The van der Waals surface area contributed by atoms with Crippen molar-refractivity contribution < 1.29 is 14.4 Å². The number of amides is 1. The second kappa shape index (κ2) is 8.29. The minimum atomic E-state index is -0.0758. The summed E-state index contributed by atoms with van der Waals surface area (Å²) < 4.78 is 5.43. The largest absolute Gasteiger partial charge is 0.370 e. The number of benzene rings is 2. The van der Waals surface area contributed by atoms with E-state index in [0.717, 1.165) is 38.4 Å². The number of carbonyl (C=O) groups is 1. The van der Waals surface area contributed by atoms with Gasteiger partial charge in [-0.3, -0.25) is 4.79 Å². The fraction of sp³-hybridized carbons (Fsp3) is 0.316. The van der Waals surface area contributed by atoms with Crippen molar-refractivity contribution in [3.05, 3.63) is 70.7 Å². The number of ether oxygens (including phenoxy) is 1. The maximum absolute atomic E-state index is 12.6. The van der Waals surface area contributed by atoms with E-state index < -0.39 is 0 Å². The zero-order valence-corrected chi connectivity index (χ0v) is 14.3. The molecule has 1 amide bonds. The number of morpholine rings is 1. The van der Waals surface area contributed by atoms with Crippen LogP contribution in [0.15, 0.2) is 54.6 Å². The van der Waals surface area contributed by atoms with Crippen molar-refractivity contribution in [2.75, 3.05) is 32.8 Å². The van der Waals surface area contributed by atoms with Gasteiger partial charge in [0.2, 0.25) is 0 Å². The molecule has 0 unspecified atom stereocenters. The van der Waals surface area contributed by atoms with Crippen LogP contribution in [0.1, 0.15) is 22.0 Å². The lowest BCUT2D eigenvalue weighted by Crippen LogP contribution is -3.14. The Labute approximate surface area is 147 Å². The Morgan fingerprint density at radius 1 is 1.08 bits per heavy atom. The summed E-state index contributed by atoms with van der Waals surface area (Å²) in [6.07, 6.45) is 0. The Bertz CT molecular complexity index is 655. The molecule has 2 aromatic rings. The van der Waals surface area contributed by atoms with Crippen molar-refractivity contribution in [3.63, 3.8) is 0 Å². The van der Waals surface area contributed by atoms with Gasteiger partial charge in [-0.1, -0.05) is 41.9 Å². The fourth-order valence-electron chi connectivity index (χ4n) is 2.93. The highest BCUT2D eigenvalue weighted by molar-refractivity contribution is 6.30. The lowest BCUT2D eigenvalue weighted by Gasteiger charge is -2.28. The van der Waals surface area contributed by atoms with Crippen LogP contribution >= 0.6 is 11.6 Å². The third kappa shape index (κ3) is 4.57. The van der Waals surface area contributed by atoms with E-state index in [1.807, 2.05) is 18.2 Å². The fourth-order valence-corrected chi connectivity index (χ4v) is 3.06. The van der Waals surface area contributed by atoms with Crippen LogP contribution in [0.25, 0.3) is 0 Å². The second-order valence-corrected chi connectivity index (χ2v) is 6.45. The second-order valence-electron chi connectivity index (χ2n) is 6.01. The molecule has 1 aliphatic rings. The number of quaternary nitrogens is 1. The average molecular weight is 346 g/mol. The molecule has 1 heterocycles. The summed E-state index contributed by atoms with van der Waals surface area (Å²) in [7, 11) is 0. The highest BCUT2D eigenvalue weighted by Gasteiger charge is 2.23. The first-order chi connectivity index (χ1) is 11.7. The maximum Gasteiger partial charge on any atom is 0.251 e. The van der Waals surface area contributed by atoms with Crippen LogP contribution in [0.2, 0.25) is 5.02 Å². The molecule has 126 valence electrons. The number of hydrogen-bond acceptors (Lipinski definition) is 2. The zero-order valence-electron chi connectivity index (χ0n) is 13.5. The van der Waals surface area contributed by atoms with Gasteiger partial charge in [0.1, 0.15) is 25.7 Å². The normalized spacial score (nSPS) is 16.5. The van der Waals surface area contributed by atoms with Gasteiger partial charge in [-0.2, -0.15) is 0 Å².